The molecule has 1 saturated carbocycles. The highest BCUT2D eigenvalue weighted by atomic mass is 15.1. The molecule has 0 aromatic carbocycles. The molecule has 1 rings (SSSR count). The topological polar surface area (TPSA) is 15.3 Å². The number of nitrogens with one attached hydrogen (secondary N) is 1. The van der Waals surface area contributed by atoms with Gasteiger partial charge in [0, 0.05) is 18.1 Å². The van der Waals surface area contributed by atoms with Crippen LogP contribution < -0.4 is 5.32 Å². The minimum Gasteiger partial charge on any atom is -0.312 e. The van der Waals surface area contributed by atoms with Crippen LogP contribution in [0.25, 0.3) is 0 Å². The van der Waals surface area contributed by atoms with Crippen LogP contribution in [0.5, 0.6) is 0 Å². The van der Waals surface area contributed by atoms with Crippen molar-refractivity contribution in [2.75, 3.05) is 20.1 Å². The van der Waals surface area contributed by atoms with Gasteiger partial charge in [0.1, 0.15) is 0 Å². The molecule has 2 heteroatoms. The molecule has 0 aromatic rings. The SMILES string of the molecule is CC(CCCNC(C)(C)C)N(C)CC1CCC1. The lowest BCUT2D eigenvalue weighted by Gasteiger charge is -2.33. The van der Waals surface area contributed by atoms with E-state index >= 15 is 0 Å². The van der Waals surface area contributed by atoms with Crippen molar-refractivity contribution in [3.05, 3.63) is 0 Å². The first-order chi connectivity index (χ1) is 7.88. The molecule has 2 nitrogen and oxygen atoms in total. The molecule has 0 radical (unpaired) electrons. The first kappa shape index (κ1) is 15.0. The predicted octanol–water partition coefficient (Wildman–Crippen LogP) is 3.28. The van der Waals surface area contributed by atoms with E-state index in [9.17, 15) is 0 Å². The van der Waals surface area contributed by atoms with Gasteiger partial charge in [-0.05, 0) is 72.9 Å². The van der Waals surface area contributed by atoms with Crippen LogP contribution in [-0.2, 0) is 0 Å². The maximum absolute atomic E-state index is 3.56. The van der Waals surface area contributed by atoms with Crippen LogP contribution in [0.2, 0.25) is 0 Å². The Kier molecular flexibility index (Phi) is 5.94. The van der Waals surface area contributed by atoms with E-state index in [1.165, 1.54) is 38.6 Å². The summed E-state index contributed by atoms with van der Waals surface area (Å²) < 4.78 is 0. The van der Waals surface area contributed by atoms with E-state index in [0.717, 1.165) is 18.5 Å². The summed E-state index contributed by atoms with van der Waals surface area (Å²) in [6.45, 7) is 11.5. The summed E-state index contributed by atoms with van der Waals surface area (Å²) >= 11 is 0. The van der Waals surface area contributed by atoms with Crippen molar-refractivity contribution in [2.24, 2.45) is 5.92 Å². The van der Waals surface area contributed by atoms with Gasteiger partial charge in [-0.1, -0.05) is 6.42 Å². The lowest BCUT2D eigenvalue weighted by atomic mass is 9.85. The first-order valence-electron chi connectivity index (χ1n) is 7.34. The molecule has 1 aliphatic carbocycles. The zero-order chi connectivity index (χ0) is 12.9. The maximum Gasteiger partial charge on any atom is 0.00965 e. The summed E-state index contributed by atoms with van der Waals surface area (Å²) in [6.07, 6.45) is 6.98. The van der Waals surface area contributed by atoms with E-state index in [0.29, 0.717) is 0 Å². The second kappa shape index (κ2) is 6.75. The van der Waals surface area contributed by atoms with Gasteiger partial charge in [0.15, 0.2) is 0 Å². The molecule has 1 atom stereocenters. The molecule has 0 heterocycles. The Morgan fingerprint density at radius 1 is 1.29 bits per heavy atom. The van der Waals surface area contributed by atoms with Crippen LogP contribution in [0, 0.1) is 5.92 Å². The Hall–Kier alpha value is -0.0800. The molecule has 0 bridgehead atoms. The fraction of sp³-hybridized carbons (Fsp3) is 1.00. The van der Waals surface area contributed by atoms with Gasteiger partial charge in [-0.15, -0.1) is 0 Å². The number of hydrogen-bond acceptors (Lipinski definition) is 2. The minimum atomic E-state index is 0.265. The van der Waals surface area contributed by atoms with Crippen molar-refractivity contribution in [3.63, 3.8) is 0 Å². The molecule has 1 fully saturated rings. The molecule has 1 unspecified atom stereocenters. The average Bonchev–Trinajstić information content (AvgIpc) is 2.16. The fourth-order valence-electron chi connectivity index (χ4n) is 2.34. The zero-order valence-electron chi connectivity index (χ0n) is 12.6. The van der Waals surface area contributed by atoms with Gasteiger partial charge >= 0.3 is 0 Å². The quantitative estimate of drug-likeness (QED) is 0.687. The first-order valence-corrected chi connectivity index (χ1v) is 7.34. The van der Waals surface area contributed by atoms with E-state index in [-0.39, 0.29) is 5.54 Å². The predicted molar refractivity (Wildman–Crippen MR) is 76.4 cm³/mol. The van der Waals surface area contributed by atoms with Crippen LogP contribution in [0.1, 0.15) is 59.8 Å². The molecule has 1 aliphatic rings. The van der Waals surface area contributed by atoms with Crippen LogP contribution in [-0.4, -0.2) is 36.6 Å². The largest absolute Gasteiger partial charge is 0.312 e. The minimum absolute atomic E-state index is 0.265. The van der Waals surface area contributed by atoms with Crippen molar-refractivity contribution >= 4 is 0 Å². The number of hydrogen-bond donors (Lipinski definition) is 1. The lowest BCUT2D eigenvalue weighted by Crippen LogP contribution is -2.38. The van der Waals surface area contributed by atoms with Gasteiger partial charge in [0.05, 0.1) is 0 Å². The van der Waals surface area contributed by atoms with Gasteiger partial charge in [-0.2, -0.15) is 0 Å². The van der Waals surface area contributed by atoms with Crippen LogP contribution in [0.4, 0.5) is 0 Å². The zero-order valence-corrected chi connectivity index (χ0v) is 12.6. The summed E-state index contributed by atoms with van der Waals surface area (Å²) in [7, 11) is 2.29. The molecule has 0 spiro atoms. The Labute approximate surface area is 108 Å². The third-order valence-corrected chi connectivity index (χ3v) is 3.98. The molecule has 102 valence electrons. The normalized spacial score (nSPS) is 19.4. The Bertz CT molecular complexity index is 203. The Morgan fingerprint density at radius 3 is 2.41 bits per heavy atom. The van der Waals surface area contributed by atoms with Gasteiger partial charge in [-0.3, -0.25) is 0 Å². The van der Waals surface area contributed by atoms with Crippen molar-refractivity contribution in [1.29, 1.82) is 0 Å². The molecular weight excluding hydrogens is 208 g/mol. The highest BCUT2D eigenvalue weighted by Crippen LogP contribution is 2.27. The van der Waals surface area contributed by atoms with Gasteiger partial charge in [0.25, 0.3) is 0 Å². The van der Waals surface area contributed by atoms with Crippen molar-refractivity contribution in [2.45, 2.75) is 71.4 Å². The van der Waals surface area contributed by atoms with Gasteiger partial charge < -0.3 is 10.2 Å². The molecule has 1 N–H and O–H groups in total. The third-order valence-electron chi connectivity index (χ3n) is 3.98. The average molecular weight is 240 g/mol. The van der Waals surface area contributed by atoms with Crippen molar-refractivity contribution in [3.8, 4) is 0 Å². The highest BCUT2D eigenvalue weighted by Gasteiger charge is 2.21. The molecule has 0 saturated heterocycles. The van der Waals surface area contributed by atoms with E-state index in [4.69, 9.17) is 0 Å². The molecule has 17 heavy (non-hydrogen) atoms. The summed E-state index contributed by atoms with van der Waals surface area (Å²) in [4.78, 5) is 2.56. The van der Waals surface area contributed by atoms with Gasteiger partial charge in [-0.25, -0.2) is 0 Å². The Balaban J connectivity index is 2.04. The highest BCUT2D eigenvalue weighted by molar-refractivity contribution is 4.75. The van der Waals surface area contributed by atoms with Crippen molar-refractivity contribution in [1.82, 2.24) is 10.2 Å². The second-order valence-electron chi connectivity index (χ2n) is 6.90. The summed E-state index contributed by atoms with van der Waals surface area (Å²) in [5.74, 6) is 0.996. The maximum atomic E-state index is 3.56. The van der Waals surface area contributed by atoms with Gasteiger partial charge in [0.2, 0.25) is 0 Å². The van der Waals surface area contributed by atoms with E-state index < -0.39 is 0 Å². The van der Waals surface area contributed by atoms with E-state index in [1.54, 1.807) is 0 Å². The molecule has 0 aromatic heterocycles. The molecular formula is C15H32N2. The van der Waals surface area contributed by atoms with Crippen LogP contribution in [0.15, 0.2) is 0 Å². The molecule has 0 aliphatic heterocycles. The van der Waals surface area contributed by atoms with Crippen molar-refractivity contribution < 1.29 is 0 Å². The smallest absolute Gasteiger partial charge is 0.00965 e. The number of rotatable bonds is 7. The summed E-state index contributed by atoms with van der Waals surface area (Å²) in [5, 5.41) is 3.56. The van der Waals surface area contributed by atoms with E-state index in [2.05, 4.69) is 45.0 Å². The van der Waals surface area contributed by atoms with Crippen LogP contribution >= 0.6 is 0 Å². The number of nitrogens with zero attached hydrogens (tertiary/aromatic N) is 1. The standard InChI is InChI=1S/C15H32N2/c1-13(8-7-11-16-15(2,3)4)17(5)12-14-9-6-10-14/h13-14,16H,6-12H2,1-5H3. The fourth-order valence-corrected chi connectivity index (χ4v) is 2.34. The second-order valence-corrected chi connectivity index (χ2v) is 6.90. The van der Waals surface area contributed by atoms with E-state index in [1.807, 2.05) is 0 Å². The summed E-state index contributed by atoms with van der Waals surface area (Å²) in [5.41, 5.74) is 0.265. The lowest BCUT2D eigenvalue weighted by molar-refractivity contribution is 0.162. The monoisotopic (exact) mass is 240 g/mol. The summed E-state index contributed by atoms with van der Waals surface area (Å²) in [6, 6.07) is 0.734. The molecule has 0 amide bonds. The Morgan fingerprint density at radius 2 is 1.94 bits per heavy atom. The van der Waals surface area contributed by atoms with Crippen LogP contribution in [0.3, 0.4) is 0 Å². The third kappa shape index (κ3) is 6.42.